The lowest BCUT2D eigenvalue weighted by atomic mass is 10.1. The van der Waals surface area contributed by atoms with E-state index in [0.29, 0.717) is 24.8 Å². The predicted octanol–water partition coefficient (Wildman–Crippen LogP) is 3.29. The van der Waals surface area contributed by atoms with E-state index in [-0.39, 0.29) is 6.04 Å². The standard InChI is InChI=1S/C15H25ClN2O2/c1-3-9-20-15-7-6-12(10-14(15)16)18-13(11-19-2)5-4-8-17/h6-7,10,13,18H,3-5,8-9,11,17H2,1-2H3. The zero-order valence-electron chi connectivity index (χ0n) is 12.3. The second kappa shape index (κ2) is 9.86. The zero-order chi connectivity index (χ0) is 14.8. The summed E-state index contributed by atoms with van der Waals surface area (Å²) in [5.41, 5.74) is 6.52. The number of methoxy groups -OCH3 is 1. The van der Waals surface area contributed by atoms with Crippen LogP contribution in [0.4, 0.5) is 5.69 Å². The first kappa shape index (κ1) is 17.1. The smallest absolute Gasteiger partial charge is 0.138 e. The quantitative estimate of drug-likeness (QED) is 0.696. The van der Waals surface area contributed by atoms with Crippen LogP contribution in [0, 0.1) is 0 Å². The van der Waals surface area contributed by atoms with Gasteiger partial charge in [0, 0.05) is 18.8 Å². The van der Waals surface area contributed by atoms with Crippen LogP contribution in [0.15, 0.2) is 18.2 Å². The van der Waals surface area contributed by atoms with Crippen molar-refractivity contribution in [2.24, 2.45) is 5.73 Å². The average Bonchev–Trinajstić information content (AvgIpc) is 2.44. The summed E-state index contributed by atoms with van der Waals surface area (Å²) in [7, 11) is 1.70. The molecule has 20 heavy (non-hydrogen) atoms. The highest BCUT2D eigenvalue weighted by Crippen LogP contribution is 2.28. The molecule has 0 radical (unpaired) electrons. The summed E-state index contributed by atoms with van der Waals surface area (Å²) in [6.07, 6.45) is 2.90. The third-order valence-corrected chi connectivity index (χ3v) is 3.18. The first-order chi connectivity index (χ1) is 9.71. The zero-order valence-corrected chi connectivity index (χ0v) is 13.1. The van der Waals surface area contributed by atoms with Crippen molar-refractivity contribution in [2.45, 2.75) is 32.2 Å². The van der Waals surface area contributed by atoms with E-state index in [1.165, 1.54) is 0 Å². The van der Waals surface area contributed by atoms with Gasteiger partial charge in [0.05, 0.1) is 18.2 Å². The molecule has 1 rings (SSSR count). The van der Waals surface area contributed by atoms with E-state index in [1.54, 1.807) is 7.11 Å². The van der Waals surface area contributed by atoms with Crippen molar-refractivity contribution in [2.75, 3.05) is 32.2 Å². The largest absolute Gasteiger partial charge is 0.492 e. The topological polar surface area (TPSA) is 56.5 Å². The molecule has 0 spiro atoms. The minimum absolute atomic E-state index is 0.238. The van der Waals surface area contributed by atoms with Crippen LogP contribution >= 0.6 is 11.6 Å². The van der Waals surface area contributed by atoms with Crippen LogP contribution in [0.1, 0.15) is 26.2 Å². The Balaban J connectivity index is 2.63. The molecule has 0 aliphatic rings. The lowest BCUT2D eigenvalue weighted by Crippen LogP contribution is -2.25. The fourth-order valence-corrected chi connectivity index (χ4v) is 2.15. The highest BCUT2D eigenvalue weighted by Gasteiger charge is 2.09. The number of anilines is 1. The van der Waals surface area contributed by atoms with Crippen LogP contribution in [0.5, 0.6) is 5.75 Å². The molecule has 0 saturated carbocycles. The Hall–Kier alpha value is -0.970. The molecular weight excluding hydrogens is 276 g/mol. The van der Waals surface area contributed by atoms with Crippen molar-refractivity contribution in [3.8, 4) is 5.75 Å². The van der Waals surface area contributed by atoms with E-state index in [0.717, 1.165) is 30.7 Å². The van der Waals surface area contributed by atoms with Gasteiger partial charge in [0.2, 0.25) is 0 Å². The maximum atomic E-state index is 6.21. The summed E-state index contributed by atoms with van der Waals surface area (Å²) in [4.78, 5) is 0. The summed E-state index contributed by atoms with van der Waals surface area (Å²) in [6.45, 7) is 4.07. The van der Waals surface area contributed by atoms with E-state index < -0.39 is 0 Å². The van der Waals surface area contributed by atoms with Crippen molar-refractivity contribution in [1.82, 2.24) is 0 Å². The fraction of sp³-hybridized carbons (Fsp3) is 0.600. The molecule has 0 bridgehead atoms. The van der Waals surface area contributed by atoms with Gasteiger partial charge in [-0.3, -0.25) is 0 Å². The van der Waals surface area contributed by atoms with Gasteiger partial charge < -0.3 is 20.5 Å². The van der Waals surface area contributed by atoms with Gasteiger partial charge in [-0.1, -0.05) is 18.5 Å². The van der Waals surface area contributed by atoms with E-state index in [4.69, 9.17) is 26.8 Å². The molecule has 114 valence electrons. The molecule has 0 heterocycles. The van der Waals surface area contributed by atoms with E-state index in [2.05, 4.69) is 12.2 Å². The molecule has 1 aromatic rings. The van der Waals surface area contributed by atoms with Gasteiger partial charge in [0.15, 0.2) is 0 Å². The summed E-state index contributed by atoms with van der Waals surface area (Å²) in [5.74, 6) is 0.726. The van der Waals surface area contributed by atoms with Crippen LogP contribution in [0.3, 0.4) is 0 Å². The molecule has 4 nitrogen and oxygen atoms in total. The van der Waals surface area contributed by atoms with E-state index in [1.807, 2.05) is 18.2 Å². The second-order valence-electron chi connectivity index (χ2n) is 4.72. The molecule has 0 aliphatic carbocycles. The molecule has 0 aliphatic heterocycles. The molecule has 0 aromatic heterocycles. The molecule has 3 N–H and O–H groups in total. The van der Waals surface area contributed by atoms with Crippen LogP contribution in [0.2, 0.25) is 5.02 Å². The normalized spacial score (nSPS) is 12.2. The number of nitrogens with two attached hydrogens (primary N) is 1. The summed E-state index contributed by atoms with van der Waals surface area (Å²) in [5, 5.41) is 4.04. The average molecular weight is 301 g/mol. The molecule has 5 heteroatoms. The van der Waals surface area contributed by atoms with Crippen LogP contribution in [-0.4, -0.2) is 32.9 Å². The van der Waals surface area contributed by atoms with Gasteiger partial charge in [0.25, 0.3) is 0 Å². The molecule has 0 fully saturated rings. The molecule has 1 unspecified atom stereocenters. The summed E-state index contributed by atoms with van der Waals surface area (Å²) >= 11 is 6.21. The highest BCUT2D eigenvalue weighted by atomic mass is 35.5. The number of hydrogen-bond donors (Lipinski definition) is 2. The number of hydrogen-bond acceptors (Lipinski definition) is 4. The third kappa shape index (κ3) is 5.99. The lowest BCUT2D eigenvalue weighted by molar-refractivity contribution is 0.182. The Morgan fingerprint density at radius 3 is 2.80 bits per heavy atom. The fourth-order valence-electron chi connectivity index (χ4n) is 1.92. The monoisotopic (exact) mass is 300 g/mol. The minimum atomic E-state index is 0.238. The lowest BCUT2D eigenvalue weighted by Gasteiger charge is -2.19. The number of halogens is 1. The maximum Gasteiger partial charge on any atom is 0.138 e. The summed E-state index contributed by atoms with van der Waals surface area (Å²) in [6, 6.07) is 5.99. The second-order valence-corrected chi connectivity index (χ2v) is 5.13. The van der Waals surface area contributed by atoms with Crippen LogP contribution in [0.25, 0.3) is 0 Å². The molecule has 1 aromatic carbocycles. The first-order valence-electron chi connectivity index (χ1n) is 7.09. The molecule has 0 amide bonds. The first-order valence-corrected chi connectivity index (χ1v) is 7.47. The van der Waals surface area contributed by atoms with Gasteiger partial charge >= 0.3 is 0 Å². The number of nitrogens with one attached hydrogen (secondary N) is 1. The van der Waals surface area contributed by atoms with Gasteiger partial charge in [-0.25, -0.2) is 0 Å². The predicted molar refractivity (Wildman–Crippen MR) is 84.8 cm³/mol. The third-order valence-electron chi connectivity index (χ3n) is 2.89. The van der Waals surface area contributed by atoms with E-state index in [9.17, 15) is 0 Å². The van der Waals surface area contributed by atoms with E-state index >= 15 is 0 Å². The van der Waals surface area contributed by atoms with Crippen molar-refractivity contribution in [3.05, 3.63) is 23.2 Å². The summed E-state index contributed by atoms with van der Waals surface area (Å²) < 4.78 is 10.8. The highest BCUT2D eigenvalue weighted by molar-refractivity contribution is 6.32. The van der Waals surface area contributed by atoms with Crippen LogP contribution in [-0.2, 0) is 4.74 Å². The van der Waals surface area contributed by atoms with Gasteiger partial charge in [-0.15, -0.1) is 0 Å². The molecule has 0 saturated heterocycles. The Kier molecular flexibility index (Phi) is 8.42. The Bertz CT molecular complexity index is 388. The molecule has 1 atom stereocenters. The van der Waals surface area contributed by atoms with Crippen molar-refractivity contribution < 1.29 is 9.47 Å². The Labute approximate surface area is 126 Å². The number of ether oxygens (including phenoxy) is 2. The maximum absolute atomic E-state index is 6.21. The Morgan fingerprint density at radius 1 is 1.40 bits per heavy atom. The van der Waals surface area contributed by atoms with Gasteiger partial charge in [-0.05, 0) is 44.0 Å². The van der Waals surface area contributed by atoms with Crippen LogP contribution < -0.4 is 15.8 Å². The van der Waals surface area contributed by atoms with Crippen molar-refractivity contribution in [3.63, 3.8) is 0 Å². The minimum Gasteiger partial charge on any atom is -0.492 e. The number of rotatable bonds is 10. The number of benzene rings is 1. The van der Waals surface area contributed by atoms with Gasteiger partial charge in [0.1, 0.15) is 5.75 Å². The van der Waals surface area contributed by atoms with Gasteiger partial charge in [-0.2, -0.15) is 0 Å². The van der Waals surface area contributed by atoms with Crippen molar-refractivity contribution in [1.29, 1.82) is 0 Å². The van der Waals surface area contributed by atoms with Crippen molar-refractivity contribution >= 4 is 17.3 Å². The Morgan fingerprint density at radius 2 is 2.20 bits per heavy atom. The molecular formula is C15H25ClN2O2. The SMILES string of the molecule is CCCOc1ccc(NC(CCCN)COC)cc1Cl.